The van der Waals surface area contributed by atoms with Gasteiger partial charge in [-0.05, 0) is 19.4 Å². The minimum absolute atomic E-state index is 0.0973. The van der Waals surface area contributed by atoms with Crippen LogP contribution in [-0.4, -0.2) is 34.9 Å². The number of rotatable bonds is 5. The molecular formula is C16H20N4O4. The minimum Gasteiger partial charge on any atom is -0.343 e. The van der Waals surface area contributed by atoms with Crippen molar-refractivity contribution >= 4 is 17.6 Å². The van der Waals surface area contributed by atoms with E-state index in [1.54, 1.807) is 11.0 Å². The van der Waals surface area contributed by atoms with Crippen molar-refractivity contribution in [2.45, 2.75) is 19.9 Å². The number of nitrogens with one attached hydrogen (secondary N) is 2. The molecule has 0 unspecified atom stereocenters. The second kappa shape index (κ2) is 7.12. The van der Waals surface area contributed by atoms with E-state index in [2.05, 4.69) is 17.2 Å². The van der Waals surface area contributed by atoms with Crippen LogP contribution in [0.1, 0.15) is 25.5 Å². The number of hydrogen-bond donors (Lipinski definition) is 2. The van der Waals surface area contributed by atoms with Crippen LogP contribution in [0.3, 0.4) is 0 Å². The molecule has 0 aromatic heterocycles. The topological polar surface area (TPSA) is 105 Å². The number of carbonyl (C=O) groups is 2. The van der Waals surface area contributed by atoms with Gasteiger partial charge in [0.25, 0.3) is 5.69 Å². The Bertz CT molecular complexity index is 684. The van der Waals surface area contributed by atoms with Gasteiger partial charge in [0.1, 0.15) is 5.92 Å². The van der Waals surface area contributed by atoms with Crippen molar-refractivity contribution in [3.05, 3.63) is 52.2 Å². The van der Waals surface area contributed by atoms with Gasteiger partial charge in [0, 0.05) is 30.9 Å². The number of hydrogen-bond acceptors (Lipinski definition) is 4. The molecule has 2 rings (SSSR count). The molecule has 1 aromatic carbocycles. The van der Waals surface area contributed by atoms with E-state index in [4.69, 9.17) is 0 Å². The SMILES string of the molecule is C=C1NC(=O)N[C@@H](c2cccc([N+](=O)[O-])c2)[C@H]1C(=O)N(CC)CC. The van der Waals surface area contributed by atoms with E-state index in [1.807, 2.05) is 13.8 Å². The van der Waals surface area contributed by atoms with E-state index in [0.29, 0.717) is 18.7 Å². The quantitative estimate of drug-likeness (QED) is 0.635. The first kappa shape index (κ1) is 17.5. The fraction of sp³-hybridized carbons (Fsp3) is 0.375. The third kappa shape index (κ3) is 3.37. The van der Waals surface area contributed by atoms with E-state index in [0.717, 1.165) is 0 Å². The molecule has 0 aliphatic carbocycles. The molecule has 8 heteroatoms. The van der Waals surface area contributed by atoms with Crippen LogP contribution in [0.4, 0.5) is 10.5 Å². The van der Waals surface area contributed by atoms with Crippen LogP contribution < -0.4 is 10.6 Å². The smallest absolute Gasteiger partial charge is 0.319 e. The van der Waals surface area contributed by atoms with Gasteiger partial charge in [0.05, 0.1) is 11.0 Å². The summed E-state index contributed by atoms with van der Waals surface area (Å²) in [5.41, 5.74) is 0.679. The summed E-state index contributed by atoms with van der Waals surface area (Å²) in [4.78, 5) is 36.8. The van der Waals surface area contributed by atoms with Gasteiger partial charge < -0.3 is 15.5 Å². The molecule has 1 saturated heterocycles. The first-order valence-corrected chi connectivity index (χ1v) is 7.68. The number of benzene rings is 1. The van der Waals surface area contributed by atoms with Gasteiger partial charge in [0.2, 0.25) is 5.91 Å². The fourth-order valence-corrected chi connectivity index (χ4v) is 2.82. The van der Waals surface area contributed by atoms with E-state index in [9.17, 15) is 19.7 Å². The third-order valence-corrected chi connectivity index (χ3v) is 4.05. The fourth-order valence-electron chi connectivity index (χ4n) is 2.82. The highest BCUT2D eigenvalue weighted by molar-refractivity contribution is 5.88. The van der Waals surface area contributed by atoms with Crippen molar-refractivity contribution in [1.82, 2.24) is 15.5 Å². The number of nitrogens with zero attached hydrogens (tertiary/aromatic N) is 2. The van der Waals surface area contributed by atoms with E-state index in [1.165, 1.54) is 18.2 Å². The molecule has 0 saturated carbocycles. The largest absolute Gasteiger partial charge is 0.343 e. The van der Waals surface area contributed by atoms with Crippen molar-refractivity contribution in [2.24, 2.45) is 5.92 Å². The van der Waals surface area contributed by atoms with Gasteiger partial charge >= 0.3 is 6.03 Å². The summed E-state index contributed by atoms with van der Waals surface area (Å²) in [5.74, 6) is -0.918. The molecule has 0 radical (unpaired) electrons. The Labute approximate surface area is 139 Å². The maximum absolute atomic E-state index is 12.8. The number of nitro benzene ring substituents is 1. The average Bonchev–Trinajstić information content (AvgIpc) is 2.55. The Morgan fingerprint density at radius 3 is 2.62 bits per heavy atom. The molecule has 1 fully saturated rings. The zero-order chi connectivity index (χ0) is 17.9. The molecule has 24 heavy (non-hydrogen) atoms. The maximum atomic E-state index is 12.8. The summed E-state index contributed by atoms with van der Waals surface area (Å²) in [7, 11) is 0. The molecule has 8 nitrogen and oxygen atoms in total. The Kier molecular flexibility index (Phi) is 5.18. The van der Waals surface area contributed by atoms with Crippen LogP contribution in [0, 0.1) is 16.0 Å². The lowest BCUT2D eigenvalue weighted by atomic mass is 9.87. The second-order valence-electron chi connectivity index (χ2n) is 5.44. The number of non-ortho nitro benzene ring substituents is 1. The molecule has 1 aromatic rings. The molecule has 0 spiro atoms. The lowest BCUT2D eigenvalue weighted by Gasteiger charge is -2.36. The number of urea groups is 1. The van der Waals surface area contributed by atoms with Gasteiger partial charge in [-0.3, -0.25) is 14.9 Å². The van der Waals surface area contributed by atoms with Crippen LogP contribution in [-0.2, 0) is 4.79 Å². The van der Waals surface area contributed by atoms with E-state index < -0.39 is 22.9 Å². The zero-order valence-corrected chi connectivity index (χ0v) is 13.6. The molecule has 0 bridgehead atoms. The van der Waals surface area contributed by atoms with Crippen LogP contribution in [0.25, 0.3) is 0 Å². The Morgan fingerprint density at radius 2 is 2.04 bits per heavy atom. The first-order valence-electron chi connectivity index (χ1n) is 7.68. The van der Waals surface area contributed by atoms with Gasteiger partial charge in [-0.2, -0.15) is 0 Å². The zero-order valence-electron chi connectivity index (χ0n) is 13.6. The Hall–Kier alpha value is -2.90. The maximum Gasteiger partial charge on any atom is 0.319 e. The predicted octanol–water partition coefficient (Wildman–Crippen LogP) is 1.95. The van der Waals surface area contributed by atoms with E-state index in [-0.39, 0.29) is 17.3 Å². The second-order valence-corrected chi connectivity index (χ2v) is 5.44. The number of nitro groups is 1. The summed E-state index contributed by atoms with van der Waals surface area (Å²) >= 11 is 0. The first-order chi connectivity index (χ1) is 11.4. The highest BCUT2D eigenvalue weighted by Crippen LogP contribution is 2.32. The van der Waals surface area contributed by atoms with Crippen molar-refractivity contribution in [3.8, 4) is 0 Å². The molecule has 1 aliphatic rings. The standard InChI is InChI=1S/C16H20N4O4/c1-4-19(5-2)15(21)13-10(3)17-16(22)18-14(13)11-7-6-8-12(9-11)20(23)24/h6-9,13-14H,3-5H2,1-2H3,(H2,17,18,22)/t13-,14-/m0/s1. The summed E-state index contributed by atoms with van der Waals surface area (Å²) in [5, 5.41) is 16.2. The predicted molar refractivity (Wildman–Crippen MR) is 88.1 cm³/mol. The molecule has 128 valence electrons. The molecule has 1 heterocycles. The normalized spacial score (nSPS) is 20.1. The van der Waals surface area contributed by atoms with Crippen molar-refractivity contribution < 1.29 is 14.5 Å². The summed E-state index contributed by atoms with van der Waals surface area (Å²) in [6.45, 7) is 8.57. The Balaban J connectivity index is 2.44. The number of carbonyl (C=O) groups excluding carboxylic acids is 2. The van der Waals surface area contributed by atoms with Gasteiger partial charge in [-0.25, -0.2) is 4.79 Å². The van der Waals surface area contributed by atoms with Crippen LogP contribution in [0.2, 0.25) is 0 Å². The lowest BCUT2D eigenvalue weighted by molar-refractivity contribution is -0.384. The van der Waals surface area contributed by atoms with Crippen molar-refractivity contribution in [1.29, 1.82) is 0 Å². The molecule has 1 aliphatic heterocycles. The van der Waals surface area contributed by atoms with E-state index >= 15 is 0 Å². The summed E-state index contributed by atoms with van der Waals surface area (Å²) in [6.07, 6.45) is 0. The van der Waals surface area contributed by atoms with Gasteiger partial charge in [-0.15, -0.1) is 0 Å². The van der Waals surface area contributed by atoms with Crippen molar-refractivity contribution in [2.75, 3.05) is 13.1 Å². The molecule has 2 atom stereocenters. The lowest BCUT2D eigenvalue weighted by Crippen LogP contribution is -2.53. The highest BCUT2D eigenvalue weighted by Gasteiger charge is 2.39. The minimum atomic E-state index is -0.732. The van der Waals surface area contributed by atoms with Crippen LogP contribution in [0.5, 0.6) is 0 Å². The third-order valence-electron chi connectivity index (χ3n) is 4.05. The van der Waals surface area contributed by atoms with Crippen molar-refractivity contribution in [3.63, 3.8) is 0 Å². The number of amides is 3. The molecule has 3 amide bonds. The highest BCUT2D eigenvalue weighted by atomic mass is 16.6. The van der Waals surface area contributed by atoms with Crippen LogP contribution in [0.15, 0.2) is 36.5 Å². The summed E-state index contributed by atoms with van der Waals surface area (Å²) in [6, 6.07) is 4.72. The molecular weight excluding hydrogens is 312 g/mol. The monoisotopic (exact) mass is 332 g/mol. The summed E-state index contributed by atoms with van der Waals surface area (Å²) < 4.78 is 0. The molecule has 2 N–H and O–H groups in total. The van der Waals surface area contributed by atoms with Gasteiger partial charge in [0.15, 0.2) is 0 Å². The van der Waals surface area contributed by atoms with Crippen LogP contribution >= 0.6 is 0 Å². The Morgan fingerprint density at radius 1 is 1.38 bits per heavy atom. The van der Waals surface area contributed by atoms with Gasteiger partial charge in [-0.1, -0.05) is 18.7 Å². The average molecular weight is 332 g/mol.